The molecule has 0 bridgehead atoms. The molecule has 1 heterocycles. The molecule has 0 N–H and O–H groups in total. The van der Waals surface area contributed by atoms with Crippen LogP contribution >= 0.6 is 11.6 Å². The third kappa shape index (κ3) is 4.07. The number of halogens is 1. The van der Waals surface area contributed by atoms with E-state index in [0.29, 0.717) is 18.1 Å². The average molecular weight is 371 g/mol. The minimum atomic E-state index is -0.315. The van der Waals surface area contributed by atoms with E-state index in [4.69, 9.17) is 11.6 Å². The van der Waals surface area contributed by atoms with E-state index in [0.717, 1.165) is 11.3 Å². The summed E-state index contributed by atoms with van der Waals surface area (Å²) in [4.78, 5) is 29.1. The molecule has 0 spiro atoms. The molecule has 2 aromatic rings. The monoisotopic (exact) mass is 370 g/mol. The third-order valence-electron chi connectivity index (χ3n) is 4.71. The summed E-state index contributed by atoms with van der Waals surface area (Å²) in [5, 5.41) is 0.627. The Labute approximate surface area is 159 Å². The van der Waals surface area contributed by atoms with Crippen molar-refractivity contribution in [3.8, 4) is 0 Å². The van der Waals surface area contributed by atoms with Crippen LogP contribution in [-0.2, 0) is 16.1 Å². The van der Waals surface area contributed by atoms with Gasteiger partial charge in [0.1, 0.15) is 0 Å². The number of anilines is 1. The smallest absolute Gasteiger partial charge is 0.228 e. The minimum Gasteiger partial charge on any atom is -0.336 e. The highest BCUT2D eigenvalue weighted by Crippen LogP contribution is 2.28. The molecule has 0 aromatic heterocycles. The SMILES string of the molecule is CC(C)N(Cc1ccccc1)C(=O)C1CC(=O)N(c2ccc(Cl)cc2)C1. The van der Waals surface area contributed by atoms with Crippen molar-refractivity contribution < 1.29 is 9.59 Å². The lowest BCUT2D eigenvalue weighted by Crippen LogP contribution is -2.41. The van der Waals surface area contributed by atoms with E-state index in [-0.39, 0.29) is 30.2 Å². The van der Waals surface area contributed by atoms with Crippen molar-refractivity contribution in [2.75, 3.05) is 11.4 Å². The summed E-state index contributed by atoms with van der Waals surface area (Å²) in [7, 11) is 0. The molecule has 2 amide bonds. The van der Waals surface area contributed by atoms with Gasteiger partial charge in [-0.25, -0.2) is 0 Å². The maximum Gasteiger partial charge on any atom is 0.228 e. The van der Waals surface area contributed by atoms with Crippen molar-refractivity contribution in [1.29, 1.82) is 0 Å². The largest absolute Gasteiger partial charge is 0.336 e. The summed E-state index contributed by atoms with van der Waals surface area (Å²) in [5.74, 6) is -0.299. The van der Waals surface area contributed by atoms with Crippen LogP contribution in [0.4, 0.5) is 5.69 Å². The highest BCUT2D eigenvalue weighted by atomic mass is 35.5. The van der Waals surface area contributed by atoms with Crippen molar-refractivity contribution in [3.05, 3.63) is 65.2 Å². The van der Waals surface area contributed by atoms with Crippen LogP contribution in [0.25, 0.3) is 0 Å². The van der Waals surface area contributed by atoms with Gasteiger partial charge in [0, 0.05) is 36.3 Å². The van der Waals surface area contributed by atoms with Crippen molar-refractivity contribution >= 4 is 29.1 Å². The van der Waals surface area contributed by atoms with Crippen LogP contribution in [0.5, 0.6) is 0 Å². The lowest BCUT2D eigenvalue weighted by atomic mass is 10.1. The molecular formula is C21H23ClN2O2. The molecule has 4 nitrogen and oxygen atoms in total. The van der Waals surface area contributed by atoms with Crippen LogP contribution in [-0.4, -0.2) is 29.3 Å². The molecule has 1 saturated heterocycles. The molecule has 1 aliphatic rings. The number of hydrogen-bond acceptors (Lipinski definition) is 2. The van der Waals surface area contributed by atoms with E-state index in [1.807, 2.05) is 61.2 Å². The Hall–Kier alpha value is -2.33. The Kier molecular flexibility index (Phi) is 5.62. The zero-order valence-corrected chi connectivity index (χ0v) is 15.8. The summed E-state index contributed by atoms with van der Waals surface area (Å²) in [6, 6.07) is 17.2. The van der Waals surface area contributed by atoms with Crippen molar-refractivity contribution in [3.63, 3.8) is 0 Å². The molecule has 26 heavy (non-hydrogen) atoms. The topological polar surface area (TPSA) is 40.6 Å². The first-order valence-corrected chi connectivity index (χ1v) is 9.24. The zero-order chi connectivity index (χ0) is 18.7. The number of carbonyl (C=O) groups is 2. The van der Waals surface area contributed by atoms with Gasteiger partial charge in [0.05, 0.1) is 5.92 Å². The molecule has 136 valence electrons. The van der Waals surface area contributed by atoms with Crippen molar-refractivity contribution in [1.82, 2.24) is 4.90 Å². The van der Waals surface area contributed by atoms with Crippen LogP contribution in [0.2, 0.25) is 5.02 Å². The minimum absolute atomic E-state index is 0.0194. The lowest BCUT2D eigenvalue weighted by Gasteiger charge is -2.29. The Morgan fingerprint density at radius 3 is 2.42 bits per heavy atom. The fourth-order valence-corrected chi connectivity index (χ4v) is 3.40. The average Bonchev–Trinajstić information content (AvgIpc) is 3.02. The number of carbonyl (C=O) groups excluding carboxylic acids is 2. The summed E-state index contributed by atoms with van der Waals surface area (Å²) < 4.78 is 0. The molecule has 1 atom stereocenters. The Balaban J connectivity index is 1.73. The second kappa shape index (κ2) is 7.92. The first-order valence-electron chi connectivity index (χ1n) is 8.86. The molecule has 1 unspecified atom stereocenters. The predicted molar refractivity (Wildman–Crippen MR) is 104 cm³/mol. The van der Waals surface area contributed by atoms with Gasteiger partial charge in [0.15, 0.2) is 0 Å². The quantitative estimate of drug-likeness (QED) is 0.794. The van der Waals surface area contributed by atoms with Crippen LogP contribution in [0.15, 0.2) is 54.6 Å². The second-order valence-electron chi connectivity index (χ2n) is 6.93. The van der Waals surface area contributed by atoms with Gasteiger partial charge in [-0.1, -0.05) is 41.9 Å². The predicted octanol–water partition coefficient (Wildman–Crippen LogP) is 4.13. The van der Waals surface area contributed by atoms with Crippen molar-refractivity contribution in [2.45, 2.75) is 32.9 Å². The van der Waals surface area contributed by atoms with Gasteiger partial charge in [0.25, 0.3) is 0 Å². The van der Waals surface area contributed by atoms with Crippen LogP contribution in [0.3, 0.4) is 0 Å². The Bertz CT molecular complexity index is 774. The van der Waals surface area contributed by atoms with E-state index in [1.54, 1.807) is 17.0 Å². The number of benzene rings is 2. The van der Waals surface area contributed by atoms with Gasteiger partial charge in [-0.05, 0) is 43.7 Å². The standard InChI is InChI=1S/C21H23ClN2O2/c1-15(2)23(13-16-6-4-3-5-7-16)21(26)17-12-20(25)24(14-17)19-10-8-18(22)9-11-19/h3-11,15,17H,12-14H2,1-2H3. The van der Waals surface area contributed by atoms with Crippen molar-refractivity contribution in [2.24, 2.45) is 5.92 Å². The maximum absolute atomic E-state index is 13.1. The van der Waals surface area contributed by atoms with Crippen LogP contribution in [0.1, 0.15) is 25.8 Å². The molecule has 3 rings (SSSR count). The molecule has 2 aromatic carbocycles. The highest BCUT2D eigenvalue weighted by molar-refractivity contribution is 6.30. The number of amides is 2. The molecule has 0 aliphatic carbocycles. The molecule has 0 radical (unpaired) electrons. The first-order chi connectivity index (χ1) is 12.5. The zero-order valence-electron chi connectivity index (χ0n) is 15.1. The van der Waals surface area contributed by atoms with E-state index >= 15 is 0 Å². The van der Waals surface area contributed by atoms with Gasteiger partial charge in [-0.15, -0.1) is 0 Å². The lowest BCUT2D eigenvalue weighted by molar-refractivity contribution is -0.138. The summed E-state index contributed by atoms with van der Waals surface area (Å²) in [6.07, 6.45) is 0.249. The Morgan fingerprint density at radius 2 is 1.81 bits per heavy atom. The fourth-order valence-electron chi connectivity index (χ4n) is 3.27. The van der Waals surface area contributed by atoms with E-state index in [2.05, 4.69) is 0 Å². The van der Waals surface area contributed by atoms with Gasteiger partial charge in [0.2, 0.25) is 11.8 Å². The summed E-state index contributed by atoms with van der Waals surface area (Å²) in [6.45, 7) is 4.99. The van der Waals surface area contributed by atoms with Gasteiger partial charge >= 0.3 is 0 Å². The molecule has 1 fully saturated rings. The van der Waals surface area contributed by atoms with Crippen LogP contribution < -0.4 is 4.90 Å². The number of hydrogen-bond donors (Lipinski definition) is 0. The normalized spacial score (nSPS) is 17.0. The number of rotatable bonds is 5. The molecule has 0 saturated carbocycles. The van der Waals surface area contributed by atoms with Gasteiger partial charge in [-0.2, -0.15) is 0 Å². The second-order valence-corrected chi connectivity index (χ2v) is 7.36. The van der Waals surface area contributed by atoms with E-state index in [9.17, 15) is 9.59 Å². The molecule has 5 heteroatoms. The number of nitrogens with zero attached hydrogens (tertiary/aromatic N) is 2. The molecule has 1 aliphatic heterocycles. The van der Waals surface area contributed by atoms with E-state index < -0.39 is 0 Å². The Morgan fingerprint density at radius 1 is 1.15 bits per heavy atom. The highest BCUT2D eigenvalue weighted by Gasteiger charge is 2.37. The maximum atomic E-state index is 13.1. The molecular weight excluding hydrogens is 348 g/mol. The summed E-state index contributed by atoms with van der Waals surface area (Å²) >= 11 is 5.92. The third-order valence-corrected chi connectivity index (χ3v) is 4.97. The van der Waals surface area contributed by atoms with Gasteiger partial charge in [-0.3, -0.25) is 9.59 Å². The fraction of sp³-hybridized carbons (Fsp3) is 0.333. The first kappa shape index (κ1) is 18.5. The summed E-state index contributed by atoms with van der Waals surface area (Å²) in [5.41, 5.74) is 1.88. The van der Waals surface area contributed by atoms with E-state index in [1.165, 1.54) is 0 Å². The van der Waals surface area contributed by atoms with Crippen LogP contribution in [0, 0.1) is 5.92 Å². The van der Waals surface area contributed by atoms with Gasteiger partial charge < -0.3 is 9.80 Å².